The van der Waals surface area contributed by atoms with Crippen LogP contribution in [0, 0.1) is 13.8 Å². The second-order valence-corrected chi connectivity index (χ2v) is 2.90. The van der Waals surface area contributed by atoms with Crippen molar-refractivity contribution in [2.75, 3.05) is 6.26 Å². The Balaban J connectivity index is 3.07. The van der Waals surface area contributed by atoms with Crippen LogP contribution in [0.5, 0.6) is 0 Å². The van der Waals surface area contributed by atoms with Crippen molar-refractivity contribution in [3.05, 3.63) is 17.6 Å². The fraction of sp³-hybridized carbons (Fsp3) is 0.429. The molecule has 0 saturated carbocycles. The Hall–Kier alpha value is -0.570. The van der Waals surface area contributed by atoms with Gasteiger partial charge in [-0.1, -0.05) is 0 Å². The molecule has 3 heteroatoms. The Labute approximate surface area is 65.1 Å². The third-order valence-corrected chi connectivity index (χ3v) is 2.00. The van der Waals surface area contributed by atoms with Crippen LogP contribution in [0.2, 0.25) is 0 Å². The molecule has 0 spiro atoms. The minimum absolute atomic E-state index is 0.982. The van der Waals surface area contributed by atoms with E-state index in [1.165, 1.54) is 0 Å². The number of aryl methyl sites for hydroxylation is 2. The van der Waals surface area contributed by atoms with Gasteiger partial charge in [0.2, 0.25) is 0 Å². The molecule has 0 bridgehead atoms. The van der Waals surface area contributed by atoms with Crippen LogP contribution >= 0.6 is 11.8 Å². The molecule has 0 aliphatic rings. The molecule has 0 atom stereocenters. The van der Waals surface area contributed by atoms with Crippen molar-refractivity contribution in [1.82, 2.24) is 9.97 Å². The van der Waals surface area contributed by atoms with Crippen LogP contribution in [-0.2, 0) is 0 Å². The summed E-state index contributed by atoms with van der Waals surface area (Å²) in [7, 11) is 0. The van der Waals surface area contributed by atoms with Crippen LogP contribution in [0.3, 0.4) is 0 Å². The minimum atomic E-state index is 0.982. The van der Waals surface area contributed by atoms with Crippen LogP contribution in [0.1, 0.15) is 11.4 Å². The third kappa shape index (κ3) is 1.48. The van der Waals surface area contributed by atoms with Crippen LogP contribution in [0.15, 0.2) is 11.2 Å². The Kier molecular flexibility index (Phi) is 2.27. The van der Waals surface area contributed by atoms with E-state index in [0.29, 0.717) is 0 Å². The highest BCUT2D eigenvalue weighted by molar-refractivity contribution is 7.98. The molecule has 0 unspecified atom stereocenters. The summed E-state index contributed by atoms with van der Waals surface area (Å²) >= 11 is 1.63. The van der Waals surface area contributed by atoms with Gasteiger partial charge in [-0.3, -0.25) is 4.98 Å². The standard InChI is InChI=1S/C7H10N2S/c1-5-4-8-7(10-3)6(2)9-5/h4H,1-3H3. The Morgan fingerprint density at radius 3 is 2.60 bits per heavy atom. The first-order valence-corrected chi connectivity index (χ1v) is 4.30. The topological polar surface area (TPSA) is 25.8 Å². The van der Waals surface area contributed by atoms with Gasteiger partial charge in [0.05, 0.1) is 11.4 Å². The van der Waals surface area contributed by atoms with Crippen molar-refractivity contribution in [2.24, 2.45) is 0 Å². The molecule has 1 heterocycles. The Morgan fingerprint density at radius 1 is 1.40 bits per heavy atom. The maximum absolute atomic E-state index is 4.26. The maximum Gasteiger partial charge on any atom is 0.117 e. The Bertz CT molecular complexity index is 235. The quantitative estimate of drug-likeness (QED) is 0.577. The number of nitrogens with zero attached hydrogens (tertiary/aromatic N) is 2. The summed E-state index contributed by atoms with van der Waals surface area (Å²) in [5, 5.41) is 1.02. The smallest absolute Gasteiger partial charge is 0.117 e. The molecule has 0 aliphatic heterocycles. The summed E-state index contributed by atoms with van der Waals surface area (Å²) in [4.78, 5) is 8.46. The first-order valence-electron chi connectivity index (χ1n) is 3.08. The number of rotatable bonds is 1. The van der Waals surface area contributed by atoms with Crippen molar-refractivity contribution in [1.29, 1.82) is 0 Å². The average molecular weight is 154 g/mol. The molecule has 0 radical (unpaired) electrons. The SMILES string of the molecule is CSc1ncc(C)nc1C. The van der Waals surface area contributed by atoms with Gasteiger partial charge >= 0.3 is 0 Å². The second kappa shape index (κ2) is 3.01. The molecular weight excluding hydrogens is 144 g/mol. The van der Waals surface area contributed by atoms with Crippen LogP contribution < -0.4 is 0 Å². The molecule has 0 N–H and O–H groups in total. The summed E-state index contributed by atoms with van der Waals surface area (Å²) in [6, 6.07) is 0. The van der Waals surface area contributed by atoms with Gasteiger partial charge in [-0.2, -0.15) is 0 Å². The molecule has 1 aromatic heterocycles. The van der Waals surface area contributed by atoms with Crippen LogP contribution in [0.4, 0.5) is 0 Å². The van der Waals surface area contributed by atoms with Crippen LogP contribution in [0.25, 0.3) is 0 Å². The van der Waals surface area contributed by atoms with E-state index < -0.39 is 0 Å². The Morgan fingerprint density at radius 2 is 2.10 bits per heavy atom. The predicted molar refractivity (Wildman–Crippen MR) is 43.3 cm³/mol. The first-order chi connectivity index (χ1) is 4.74. The van der Waals surface area contributed by atoms with Crippen molar-refractivity contribution in [2.45, 2.75) is 18.9 Å². The van der Waals surface area contributed by atoms with E-state index >= 15 is 0 Å². The fourth-order valence-electron chi connectivity index (χ4n) is 0.787. The lowest BCUT2D eigenvalue weighted by molar-refractivity contribution is 0.953. The normalized spacial score (nSPS) is 9.90. The molecule has 2 nitrogen and oxygen atoms in total. The largest absolute Gasteiger partial charge is 0.254 e. The third-order valence-electron chi connectivity index (χ3n) is 1.22. The average Bonchev–Trinajstić information content (AvgIpc) is 1.88. The molecule has 1 rings (SSSR count). The summed E-state index contributed by atoms with van der Waals surface area (Å²) < 4.78 is 0. The summed E-state index contributed by atoms with van der Waals surface area (Å²) in [5.74, 6) is 0. The molecule has 0 saturated heterocycles. The lowest BCUT2D eigenvalue weighted by Crippen LogP contribution is -1.91. The lowest BCUT2D eigenvalue weighted by atomic mass is 10.4. The monoisotopic (exact) mass is 154 g/mol. The molecule has 1 aromatic rings. The number of thioether (sulfide) groups is 1. The van der Waals surface area contributed by atoms with E-state index in [0.717, 1.165) is 16.4 Å². The number of hydrogen-bond acceptors (Lipinski definition) is 3. The summed E-state index contributed by atoms with van der Waals surface area (Å²) in [6.45, 7) is 3.93. The van der Waals surface area contributed by atoms with Crippen LogP contribution in [-0.4, -0.2) is 16.2 Å². The molecule has 0 aromatic carbocycles. The van der Waals surface area contributed by atoms with Gasteiger partial charge in [-0.25, -0.2) is 4.98 Å². The zero-order chi connectivity index (χ0) is 7.56. The van der Waals surface area contributed by atoms with Gasteiger partial charge in [0.1, 0.15) is 5.03 Å². The van der Waals surface area contributed by atoms with E-state index in [9.17, 15) is 0 Å². The summed E-state index contributed by atoms with van der Waals surface area (Å²) in [6.07, 6.45) is 3.80. The maximum atomic E-state index is 4.26. The van der Waals surface area contributed by atoms with Crippen molar-refractivity contribution in [3.63, 3.8) is 0 Å². The van der Waals surface area contributed by atoms with Crippen molar-refractivity contribution >= 4 is 11.8 Å². The highest BCUT2D eigenvalue weighted by Gasteiger charge is 1.97. The minimum Gasteiger partial charge on any atom is -0.254 e. The molecule has 0 fully saturated rings. The van der Waals surface area contributed by atoms with Gasteiger partial charge in [-0.05, 0) is 20.1 Å². The van der Waals surface area contributed by atoms with E-state index in [4.69, 9.17) is 0 Å². The lowest BCUT2D eigenvalue weighted by Gasteiger charge is -1.99. The van der Waals surface area contributed by atoms with Crippen molar-refractivity contribution < 1.29 is 0 Å². The van der Waals surface area contributed by atoms with Gasteiger partial charge in [0.15, 0.2) is 0 Å². The first kappa shape index (κ1) is 7.54. The van der Waals surface area contributed by atoms with E-state index in [2.05, 4.69) is 9.97 Å². The predicted octanol–water partition coefficient (Wildman–Crippen LogP) is 1.82. The molecule has 0 amide bonds. The highest BCUT2D eigenvalue weighted by atomic mass is 32.2. The van der Waals surface area contributed by atoms with E-state index in [-0.39, 0.29) is 0 Å². The zero-order valence-electron chi connectivity index (χ0n) is 6.38. The molecule has 0 aliphatic carbocycles. The number of hydrogen-bond donors (Lipinski definition) is 0. The molecule has 54 valence electrons. The highest BCUT2D eigenvalue weighted by Crippen LogP contribution is 2.13. The van der Waals surface area contributed by atoms with Crippen molar-refractivity contribution in [3.8, 4) is 0 Å². The number of aromatic nitrogens is 2. The fourth-order valence-corrected chi connectivity index (χ4v) is 1.29. The van der Waals surface area contributed by atoms with Gasteiger partial charge in [0.25, 0.3) is 0 Å². The molecular formula is C7H10N2S. The van der Waals surface area contributed by atoms with Gasteiger partial charge < -0.3 is 0 Å². The van der Waals surface area contributed by atoms with E-state index in [1.54, 1.807) is 18.0 Å². The summed E-state index contributed by atoms with van der Waals surface area (Å²) in [5.41, 5.74) is 2.00. The van der Waals surface area contributed by atoms with Gasteiger partial charge in [0, 0.05) is 6.20 Å². The van der Waals surface area contributed by atoms with Gasteiger partial charge in [-0.15, -0.1) is 11.8 Å². The zero-order valence-corrected chi connectivity index (χ0v) is 7.20. The molecule has 10 heavy (non-hydrogen) atoms. The van der Waals surface area contributed by atoms with E-state index in [1.807, 2.05) is 20.1 Å². The second-order valence-electron chi connectivity index (χ2n) is 2.11.